The third-order valence-corrected chi connectivity index (χ3v) is 3.71. The summed E-state index contributed by atoms with van der Waals surface area (Å²) < 4.78 is 26.0. The highest BCUT2D eigenvalue weighted by Crippen LogP contribution is 2.20. The molecule has 19 heavy (non-hydrogen) atoms. The summed E-state index contributed by atoms with van der Waals surface area (Å²) in [5.74, 6) is -1.99. The number of hydrogen-bond donors (Lipinski definition) is 1. The maximum atomic E-state index is 13.1. The summed E-state index contributed by atoms with van der Waals surface area (Å²) in [6.45, 7) is 3.26. The van der Waals surface area contributed by atoms with Gasteiger partial charge in [0, 0.05) is 18.7 Å². The molecule has 1 fully saturated rings. The van der Waals surface area contributed by atoms with E-state index in [0.717, 1.165) is 25.1 Å². The van der Waals surface area contributed by atoms with Gasteiger partial charge in [-0.3, -0.25) is 9.69 Å². The summed E-state index contributed by atoms with van der Waals surface area (Å²) in [4.78, 5) is 14.2. The Morgan fingerprint density at radius 1 is 1.47 bits per heavy atom. The summed E-state index contributed by atoms with van der Waals surface area (Å²) in [5, 5.41) is 9.09. The van der Waals surface area contributed by atoms with Gasteiger partial charge in [-0.2, -0.15) is 0 Å². The Labute approximate surface area is 110 Å². The van der Waals surface area contributed by atoms with Crippen LogP contribution >= 0.6 is 0 Å². The van der Waals surface area contributed by atoms with Crippen LogP contribution in [-0.2, 0) is 0 Å². The van der Waals surface area contributed by atoms with E-state index in [1.165, 1.54) is 6.07 Å². The van der Waals surface area contributed by atoms with Gasteiger partial charge in [0.05, 0.1) is 6.04 Å². The number of ketones is 1. The molecule has 1 N–H and O–H groups in total. The van der Waals surface area contributed by atoms with Crippen LogP contribution < -0.4 is 0 Å². The standard InChI is InChI=1S/C14H17F2NO2/c1-9(17-5-4-10(7-17)8-18)14(19)11-2-3-12(15)13(16)6-11/h2-3,6,9-10,18H,4-5,7-8H2,1H3. The fourth-order valence-electron chi connectivity index (χ4n) is 2.42. The molecule has 0 bridgehead atoms. The van der Waals surface area contributed by atoms with Crippen LogP contribution in [0.15, 0.2) is 18.2 Å². The Morgan fingerprint density at radius 3 is 2.79 bits per heavy atom. The molecule has 2 rings (SSSR count). The molecule has 1 aliphatic rings. The van der Waals surface area contributed by atoms with Crippen molar-refractivity contribution in [3.05, 3.63) is 35.4 Å². The van der Waals surface area contributed by atoms with E-state index in [1.807, 2.05) is 4.90 Å². The number of rotatable bonds is 4. The second-order valence-corrected chi connectivity index (χ2v) is 5.00. The van der Waals surface area contributed by atoms with Crippen LogP contribution in [0.3, 0.4) is 0 Å². The molecule has 3 nitrogen and oxygen atoms in total. The van der Waals surface area contributed by atoms with Gasteiger partial charge in [-0.15, -0.1) is 0 Å². The van der Waals surface area contributed by atoms with E-state index in [9.17, 15) is 13.6 Å². The minimum atomic E-state index is -1.01. The molecule has 0 amide bonds. The monoisotopic (exact) mass is 269 g/mol. The van der Waals surface area contributed by atoms with Crippen molar-refractivity contribution in [1.29, 1.82) is 0 Å². The summed E-state index contributed by atoms with van der Waals surface area (Å²) in [7, 11) is 0. The predicted octanol–water partition coefficient (Wildman–Crippen LogP) is 1.85. The lowest BCUT2D eigenvalue weighted by molar-refractivity contribution is 0.0857. The summed E-state index contributed by atoms with van der Waals surface area (Å²) >= 11 is 0. The second-order valence-electron chi connectivity index (χ2n) is 5.00. The lowest BCUT2D eigenvalue weighted by Crippen LogP contribution is -2.37. The number of carbonyl (C=O) groups is 1. The highest BCUT2D eigenvalue weighted by molar-refractivity contribution is 5.99. The summed E-state index contributed by atoms with van der Waals surface area (Å²) in [6, 6.07) is 2.82. The molecule has 2 atom stereocenters. The van der Waals surface area contributed by atoms with Gasteiger partial charge in [0.25, 0.3) is 0 Å². The molecule has 1 aliphatic heterocycles. The Bertz CT molecular complexity index is 479. The molecule has 0 aromatic heterocycles. The highest BCUT2D eigenvalue weighted by atomic mass is 19.2. The van der Waals surface area contributed by atoms with Crippen molar-refractivity contribution in [3.8, 4) is 0 Å². The number of benzene rings is 1. The van der Waals surface area contributed by atoms with Gasteiger partial charge in [0.2, 0.25) is 0 Å². The smallest absolute Gasteiger partial charge is 0.179 e. The zero-order valence-corrected chi connectivity index (χ0v) is 10.8. The lowest BCUT2D eigenvalue weighted by Gasteiger charge is -2.23. The number of carbonyl (C=O) groups excluding carboxylic acids is 1. The van der Waals surface area contributed by atoms with Gasteiger partial charge in [-0.25, -0.2) is 8.78 Å². The minimum Gasteiger partial charge on any atom is -0.396 e. The van der Waals surface area contributed by atoms with Crippen LogP contribution in [-0.4, -0.2) is 41.5 Å². The molecule has 1 saturated heterocycles. The molecule has 1 heterocycles. The number of likely N-dealkylation sites (tertiary alicyclic amines) is 1. The molecule has 1 aromatic rings. The first-order valence-electron chi connectivity index (χ1n) is 6.37. The maximum Gasteiger partial charge on any atom is 0.179 e. The number of hydrogen-bond acceptors (Lipinski definition) is 3. The van der Waals surface area contributed by atoms with Crippen molar-refractivity contribution in [2.24, 2.45) is 5.92 Å². The van der Waals surface area contributed by atoms with Crippen LogP contribution in [0.25, 0.3) is 0 Å². The molecule has 0 spiro atoms. The van der Waals surface area contributed by atoms with Crippen LogP contribution in [0.4, 0.5) is 8.78 Å². The zero-order valence-electron chi connectivity index (χ0n) is 10.8. The molecule has 2 unspecified atom stereocenters. The minimum absolute atomic E-state index is 0.114. The van der Waals surface area contributed by atoms with Crippen molar-refractivity contribution >= 4 is 5.78 Å². The number of aliphatic hydroxyl groups is 1. The van der Waals surface area contributed by atoms with Gasteiger partial charge >= 0.3 is 0 Å². The first kappa shape index (κ1) is 14.1. The number of halogens is 2. The van der Waals surface area contributed by atoms with E-state index in [2.05, 4.69) is 0 Å². The van der Waals surface area contributed by atoms with E-state index < -0.39 is 11.6 Å². The normalized spacial score (nSPS) is 21.6. The van der Waals surface area contributed by atoms with Gasteiger partial charge in [0.15, 0.2) is 17.4 Å². The lowest BCUT2D eigenvalue weighted by atomic mass is 10.0. The van der Waals surface area contributed by atoms with E-state index >= 15 is 0 Å². The van der Waals surface area contributed by atoms with Crippen molar-refractivity contribution in [1.82, 2.24) is 4.90 Å². The molecule has 5 heteroatoms. The SMILES string of the molecule is CC(C(=O)c1ccc(F)c(F)c1)N1CCC(CO)C1. The topological polar surface area (TPSA) is 40.5 Å². The van der Waals surface area contributed by atoms with E-state index in [-0.39, 0.29) is 29.9 Å². The summed E-state index contributed by atoms with van der Waals surface area (Å²) in [5.41, 5.74) is 0.179. The Balaban J connectivity index is 2.08. The largest absolute Gasteiger partial charge is 0.396 e. The van der Waals surface area contributed by atoms with E-state index in [4.69, 9.17) is 5.11 Å². The first-order valence-corrected chi connectivity index (χ1v) is 6.37. The van der Waals surface area contributed by atoms with Gasteiger partial charge in [-0.05, 0) is 44.0 Å². The fourth-order valence-corrected chi connectivity index (χ4v) is 2.42. The molecule has 0 saturated carbocycles. The van der Waals surface area contributed by atoms with Crippen LogP contribution in [0.5, 0.6) is 0 Å². The molecular weight excluding hydrogens is 252 g/mol. The molecule has 1 aromatic carbocycles. The van der Waals surface area contributed by atoms with Gasteiger partial charge < -0.3 is 5.11 Å². The van der Waals surface area contributed by atoms with Crippen LogP contribution in [0.1, 0.15) is 23.7 Å². The number of Topliss-reactive ketones (excluding diaryl/α,β-unsaturated/α-hetero) is 1. The quantitative estimate of drug-likeness (QED) is 0.848. The Morgan fingerprint density at radius 2 is 2.21 bits per heavy atom. The highest BCUT2D eigenvalue weighted by Gasteiger charge is 2.29. The van der Waals surface area contributed by atoms with Gasteiger partial charge in [0.1, 0.15) is 0 Å². The van der Waals surface area contributed by atoms with Crippen molar-refractivity contribution in [3.63, 3.8) is 0 Å². The van der Waals surface area contributed by atoms with Crippen molar-refractivity contribution < 1.29 is 18.7 Å². The number of nitrogens with zero attached hydrogens (tertiary/aromatic N) is 1. The molecule has 0 aliphatic carbocycles. The Kier molecular flexibility index (Phi) is 4.27. The Hall–Kier alpha value is -1.33. The molecule has 0 radical (unpaired) electrons. The third-order valence-electron chi connectivity index (χ3n) is 3.71. The molecule has 104 valence electrons. The van der Waals surface area contributed by atoms with Crippen LogP contribution in [0.2, 0.25) is 0 Å². The first-order chi connectivity index (χ1) is 9.02. The average Bonchev–Trinajstić information content (AvgIpc) is 2.89. The average molecular weight is 269 g/mol. The number of aliphatic hydroxyl groups excluding tert-OH is 1. The fraction of sp³-hybridized carbons (Fsp3) is 0.500. The van der Waals surface area contributed by atoms with Crippen LogP contribution in [0, 0.1) is 17.6 Å². The summed E-state index contributed by atoms with van der Waals surface area (Å²) in [6.07, 6.45) is 0.853. The second kappa shape index (κ2) is 5.75. The van der Waals surface area contributed by atoms with Crippen molar-refractivity contribution in [2.75, 3.05) is 19.7 Å². The third kappa shape index (κ3) is 2.98. The molecular formula is C14H17F2NO2. The van der Waals surface area contributed by atoms with E-state index in [0.29, 0.717) is 6.54 Å². The maximum absolute atomic E-state index is 13.1. The van der Waals surface area contributed by atoms with Gasteiger partial charge in [-0.1, -0.05) is 0 Å². The van der Waals surface area contributed by atoms with E-state index in [1.54, 1.807) is 6.92 Å². The van der Waals surface area contributed by atoms with Crippen molar-refractivity contribution in [2.45, 2.75) is 19.4 Å². The predicted molar refractivity (Wildman–Crippen MR) is 66.9 cm³/mol. The zero-order chi connectivity index (χ0) is 14.0.